The molecule has 2 aromatic carbocycles. The highest BCUT2D eigenvalue weighted by Crippen LogP contribution is 2.31. The molecule has 0 aromatic heterocycles. The second kappa shape index (κ2) is 9.60. The molecule has 1 saturated carbocycles. The molecule has 4 rings (SSSR count). The highest BCUT2D eigenvalue weighted by Gasteiger charge is 2.31. The van der Waals surface area contributed by atoms with E-state index in [9.17, 15) is 14.7 Å². The van der Waals surface area contributed by atoms with Crippen LogP contribution < -0.4 is 20.2 Å². The van der Waals surface area contributed by atoms with Crippen molar-refractivity contribution in [2.45, 2.75) is 25.7 Å². The molecule has 2 aliphatic rings. The third-order valence-corrected chi connectivity index (χ3v) is 6.63. The quantitative estimate of drug-likeness (QED) is 0.772. The van der Waals surface area contributed by atoms with Crippen LogP contribution in [0.2, 0.25) is 5.02 Å². The first kappa shape index (κ1) is 21.5. The van der Waals surface area contributed by atoms with E-state index in [1.807, 2.05) is 48.5 Å². The number of benzene rings is 2. The molecule has 0 radical (unpaired) electrons. The number of rotatable bonds is 5. The topological polar surface area (TPSA) is 75.7 Å². The third kappa shape index (κ3) is 5.13. The molecule has 1 saturated heterocycles. The number of halogens is 1. The van der Waals surface area contributed by atoms with Crippen LogP contribution in [0.5, 0.6) is 0 Å². The van der Waals surface area contributed by atoms with E-state index in [1.54, 1.807) is 0 Å². The second-order valence-corrected chi connectivity index (χ2v) is 8.74. The molecule has 164 valence electrons. The zero-order valence-corrected chi connectivity index (χ0v) is 18.2. The maximum Gasteiger partial charge on any atom is 0.228 e. The van der Waals surface area contributed by atoms with Gasteiger partial charge in [0.25, 0.3) is 0 Å². The lowest BCUT2D eigenvalue weighted by molar-refractivity contribution is -0.313. The number of aliphatic carboxylic acids is 1. The maximum absolute atomic E-state index is 12.6. The number of carboxylic acids is 1. The van der Waals surface area contributed by atoms with Crippen molar-refractivity contribution in [3.63, 3.8) is 0 Å². The fourth-order valence-electron chi connectivity index (χ4n) is 4.59. The van der Waals surface area contributed by atoms with Crippen LogP contribution in [-0.4, -0.2) is 38.1 Å². The van der Waals surface area contributed by atoms with Gasteiger partial charge in [-0.3, -0.25) is 4.79 Å². The van der Waals surface area contributed by atoms with Crippen molar-refractivity contribution in [2.75, 3.05) is 41.3 Å². The molecule has 2 atom stereocenters. The first-order chi connectivity index (χ1) is 15.0. The van der Waals surface area contributed by atoms with Gasteiger partial charge in [-0.25, -0.2) is 0 Å². The first-order valence-electron chi connectivity index (χ1n) is 10.9. The highest BCUT2D eigenvalue weighted by atomic mass is 35.5. The number of carboxylic acid groups (broad SMARTS) is 1. The van der Waals surface area contributed by atoms with E-state index < -0.39 is 17.8 Å². The minimum atomic E-state index is -1.12. The summed E-state index contributed by atoms with van der Waals surface area (Å²) in [5, 5.41) is 15.0. The summed E-state index contributed by atoms with van der Waals surface area (Å²) in [5.74, 6) is -2.55. The number of piperazine rings is 1. The average Bonchev–Trinajstić information content (AvgIpc) is 2.80. The number of anilines is 3. The number of nitrogens with one attached hydrogen (secondary N) is 1. The van der Waals surface area contributed by atoms with Crippen LogP contribution in [0.4, 0.5) is 17.1 Å². The first-order valence-corrected chi connectivity index (χ1v) is 11.3. The van der Waals surface area contributed by atoms with Gasteiger partial charge in [0, 0.05) is 66.1 Å². The van der Waals surface area contributed by atoms with Crippen LogP contribution in [0.15, 0.2) is 48.5 Å². The molecule has 1 aliphatic carbocycles. The monoisotopic (exact) mass is 440 g/mol. The minimum Gasteiger partial charge on any atom is -0.550 e. The third-order valence-electron chi connectivity index (χ3n) is 6.38. The van der Waals surface area contributed by atoms with Gasteiger partial charge in [0.15, 0.2) is 0 Å². The molecule has 2 fully saturated rings. The zero-order valence-electron chi connectivity index (χ0n) is 17.4. The van der Waals surface area contributed by atoms with E-state index in [2.05, 4.69) is 15.1 Å². The van der Waals surface area contributed by atoms with Crippen molar-refractivity contribution in [1.29, 1.82) is 0 Å². The van der Waals surface area contributed by atoms with Gasteiger partial charge < -0.3 is 25.0 Å². The van der Waals surface area contributed by atoms with Crippen molar-refractivity contribution < 1.29 is 14.7 Å². The van der Waals surface area contributed by atoms with Gasteiger partial charge in [0.05, 0.1) is 0 Å². The molecule has 1 amide bonds. The maximum atomic E-state index is 12.6. The molecule has 31 heavy (non-hydrogen) atoms. The van der Waals surface area contributed by atoms with Gasteiger partial charge in [0.2, 0.25) is 5.91 Å². The Morgan fingerprint density at radius 3 is 1.81 bits per heavy atom. The molecule has 0 unspecified atom stereocenters. The number of nitrogens with zero attached hydrogens (tertiary/aromatic N) is 2. The summed E-state index contributed by atoms with van der Waals surface area (Å²) in [4.78, 5) is 28.7. The Balaban J connectivity index is 1.33. The van der Waals surface area contributed by atoms with Crippen molar-refractivity contribution >= 4 is 40.5 Å². The van der Waals surface area contributed by atoms with Crippen molar-refractivity contribution in [2.24, 2.45) is 11.8 Å². The molecule has 2 aromatic rings. The molecule has 6 nitrogen and oxygen atoms in total. The Morgan fingerprint density at radius 2 is 1.29 bits per heavy atom. The number of hydrogen-bond donors (Lipinski definition) is 1. The van der Waals surface area contributed by atoms with Gasteiger partial charge in [0.1, 0.15) is 0 Å². The highest BCUT2D eigenvalue weighted by molar-refractivity contribution is 6.30. The Kier molecular flexibility index (Phi) is 6.66. The molecule has 0 bridgehead atoms. The van der Waals surface area contributed by atoms with E-state index in [-0.39, 0.29) is 5.91 Å². The van der Waals surface area contributed by atoms with E-state index in [0.717, 1.165) is 49.7 Å². The lowest BCUT2D eigenvalue weighted by Gasteiger charge is -2.37. The Hall–Kier alpha value is -2.73. The predicted octanol–water partition coefficient (Wildman–Crippen LogP) is 3.16. The largest absolute Gasteiger partial charge is 0.550 e. The van der Waals surface area contributed by atoms with Crippen LogP contribution >= 0.6 is 11.6 Å². The zero-order chi connectivity index (χ0) is 21.8. The second-order valence-electron chi connectivity index (χ2n) is 8.30. The van der Waals surface area contributed by atoms with Crippen molar-refractivity contribution in [1.82, 2.24) is 0 Å². The van der Waals surface area contributed by atoms with Crippen molar-refractivity contribution in [3.05, 3.63) is 53.6 Å². The van der Waals surface area contributed by atoms with Gasteiger partial charge in [-0.15, -0.1) is 0 Å². The Bertz CT molecular complexity index is 909. The summed E-state index contributed by atoms with van der Waals surface area (Å²) in [5.41, 5.74) is 2.98. The van der Waals surface area contributed by atoms with E-state index in [4.69, 9.17) is 11.6 Å². The summed E-state index contributed by atoms with van der Waals surface area (Å²) in [7, 11) is 0. The fraction of sp³-hybridized carbons (Fsp3) is 0.417. The van der Waals surface area contributed by atoms with Gasteiger partial charge in [-0.05, 0) is 61.4 Å². The lowest BCUT2D eigenvalue weighted by atomic mass is 9.78. The van der Waals surface area contributed by atoms with Crippen LogP contribution in [0.1, 0.15) is 25.7 Å². The average molecular weight is 441 g/mol. The van der Waals surface area contributed by atoms with E-state index in [1.165, 1.54) is 5.69 Å². The molecule has 1 heterocycles. The molecule has 0 spiro atoms. The Morgan fingerprint density at radius 1 is 0.806 bits per heavy atom. The molecule has 7 heteroatoms. The standard InChI is InChI=1S/C24H28ClN3O3/c25-17-5-9-19(10-6-17)27-13-15-28(16-14-27)20-11-7-18(8-12-20)26-23(29)21-3-1-2-4-22(21)24(30)31/h5-12,21-22H,1-4,13-16H2,(H,26,29)(H,30,31)/p-1/t21-,22-/m1/s1. The van der Waals surface area contributed by atoms with Gasteiger partial charge in [-0.1, -0.05) is 24.4 Å². The summed E-state index contributed by atoms with van der Waals surface area (Å²) >= 11 is 5.98. The predicted molar refractivity (Wildman–Crippen MR) is 121 cm³/mol. The lowest BCUT2D eigenvalue weighted by Crippen LogP contribution is -2.46. The van der Waals surface area contributed by atoms with Gasteiger partial charge >= 0.3 is 0 Å². The number of hydrogen-bond acceptors (Lipinski definition) is 5. The number of carbonyl (C=O) groups excluding carboxylic acids is 2. The smallest absolute Gasteiger partial charge is 0.228 e. The summed E-state index contributed by atoms with van der Waals surface area (Å²) in [6, 6.07) is 15.7. The number of carbonyl (C=O) groups is 2. The van der Waals surface area contributed by atoms with E-state index in [0.29, 0.717) is 18.5 Å². The van der Waals surface area contributed by atoms with Crippen molar-refractivity contribution in [3.8, 4) is 0 Å². The Labute approximate surface area is 187 Å². The summed E-state index contributed by atoms with van der Waals surface area (Å²) < 4.78 is 0. The van der Waals surface area contributed by atoms with Crippen LogP contribution in [0, 0.1) is 11.8 Å². The molecular weight excluding hydrogens is 414 g/mol. The van der Waals surface area contributed by atoms with Gasteiger partial charge in [-0.2, -0.15) is 0 Å². The molecule has 1 N–H and O–H groups in total. The summed E-state index contributed by atoms with van der Waals surface area (Å²) in [6.07, 6.45) is 2.83. The normalized spacial score (nSPS) is 21.6. The number of amides is 1. The van der Waals surface area contributed by atoms with Crippen LogP contribution in [-0.2, 0) is 9.59 Å². The SMILES string of the molecule is O=C([O-])[C@@H]1CCCC[C@H]1C(=O)Nc1ccc(N2CCN(c3ccc(Cl)cc3)CC2)cc1. The molecular formula is C24H27ClN3O3-. The minimum absolute atomic E-state index is 0.224. The van der Waals surface area contributed by atoms with Crippen LogP contribution in [0.25, 0.3) is 0 Å². The van der Waals surface area contributed by atoms with Crippen LogP contribution in [0.3, 0.4) is 0 Å². The summed E-state index contributed by atoms with van der Waals surface area (Å²) in [6.45, 7) is 3.66. The fourth-order valence-corrected chi connectivity index (χ4v) is 4.72. The van der Waals surface area contributed by atoms with E-state index >= 15 is 0 Å². The molecule has 1 aliphatic heterocycles.